The maximum atomic E-state index is 11.2. The molecule has 150 valence electrons. The lowest BCUT2D eigenvalue weighted by atomic mass is 10.1. The minimum absolute atomic E-state index is 0. The van der Waals surface area contributed by atoms with E-state index in [2.05, 4.69) is 25.1 Å². The number of H-pyrrole nitrogens is 1. The molecule has 1 aliphatic rings. The number of ether oxygens (including phenoxy) is 1. The van der Waals surface area contributed by atoms with Gasteiger partial charge in [-0.15, -0.1) is 12.4 Å². The first-order valence-corrected chi connectivity index (χ1v) is 9.20. The zero-order valence-corrected chi connectivity index (χ0v) is 16.2. The smallest absolute Gasteiger partial charge is 0.439 e. The third-order valence-electron chi connectivity index (χ3n) is 4.88. The number of nitrogens with zero attached hydrogens (tertiary/aromatic N) is 2. The molecule has 0 spiro atoms. The van der Waals surface area contributed by atoms with E-state index >= 15 is 0 Å². The molecule has 8 nitrogen and oxygen atoms in total. The number of aromatic nitrogens is 3. The molecule has 29 heavy (non-hydrogen) atoms. The molecule has 0 radical (unpaired) electrons. The highest BCUT2D eigenvalue weighted by molar-refractivity contribution is 5.94. The molecule has 0 atom stereocenters. The summed E-state index contributed by atoms with van der Waals surface area (Å²) >= 11 is 0. The SMILES string of the molecule is Cl.O=c1[nH]c(-c2ccc3noc(-c4cccc(OC5CCNCC5)c4)c3c2)no1. The summed E-state index contributed by atoms with van der Waals surface area (Å²) in [6.45, 7) is 1.95. The van der Waals surface area contributed by atoms with Crippen LogP contribution < -0.4 is 15.8 Å². The molecule has 4 aromatic rings. The molecule has 2 aromatic carbocycles. The van der Waals surface area contributed by atoms with E-state index in [-0.39, 0.29) is 18.5 Å². The molecule has 0 bridgehead atoms. The van der Waals surface area contributed by atoms with Crippen molar-refractivity contribution in [2.75, 3.05) is 13.1 Å². The number of fused-ring (bicyclic) bond motifs is 1. The number of hydrogen-bond acceptors (Lipinski definition) is 7. The van der Waals surface area contributed by atoms with Crippen LogP contribution in [0.15, 0.2) is 56.3 Å². The summed E-state index contributed by atoms with van der Waals surface area (Å²) in [4.78, 5) is 13.8. The zero-order valence-electron chi connectivity index (χ0n) is 15.4. The van der Waals surface area contributed by atoms with Crippen LogP contribution in [0.4, 0.5) is 0 Å². The average molecular weight is 415 g/mol. The number of piperidine rings is 1. The van der Waals surface area contributed by atoms with Gasteiger partial charge < -0.3 is 14.6 Å². The van der Waals surface area contributed by atoms with E-state index in [0.717, 1.165) is 42.6 Å². The molecule has 0 unspecified atom stereocenters. The van der Waals surface area contributed by atoms with E-state index in [1.54, 1.807) is 6.07 Å². The van der Waals surface area contributed by atoms with E-state index in [9.17, 15) is 4.79 Å². The Kier molecular flexibility index (Phi) is 5.37. The van der Waals surface area contributed by atoms with Crippen molar-refractivity contribution in [3.63, 3.8) is 0 Å². The molecule has 0 amide bonds. The van der Waals surface area contributed by atoms with Crippen LogP contribution in [0.2, 0.25) is 0 Å². The van der Waals surface area contributed by atoms with Gasteiger partial charge in [0.25, 0.3) is 0 Å². The Bertz CT molecular complexity index is 1180. The fraction of sp³-hybridized carbons (Fsp3) is 0.250. The molecule has 5 rings (SSSR count). The Balaban J connectivity index is 0.00000205. The largest absolute Gasteiger partial charge is 0.490 e. The number of hydrogen-bond donors (Lipinski definition) is 2. The van der Waals surface area contributed by atoms with Gasteiger partial charge in [0.05, 0.1) is 5.39 Å². The minimum Gasteiger partial charge on any atom is -0.490 e. The summed E-state index contributed by atoms with van der Waals surface area (Å²) in [5, 5.41) is 12.0. The quantitative estimate of drug-likeness (QED) is 0.527. The predicted molar refractivity (Wildman–Crippen MR) is 109 cm³/mol. The predicted octanol–water partition coefficient (Wildman–Crippen LogP) is 3.39. The van der Waals surface area contributed by atoms with E-state index in [0.29, 0.717) is 22.7 Å². The fourth-order valence-corrected chi connectivity index (χ4v) is 3.47. The van der Waals surface area contributed by atoms with Crippen molar-refractivity contribution in [2.24, 2.45) is 0 Å². The number of rotatable bonds is 4. The first-order valence-electron chi connectivity index (χ1n) is 9.20. The zero-order chi connectivity index (χ0) is 18.9. The van der Waals surface area contributed by atoms with Crippen molar-refractivity contribution in [1.82, 2.24) is 20.6 Å². The molecule has 0 aliphatic carbocycles. The molecule has 1 saturated heterocycles. The summed E-state index contributed by atoms with van der Waals surface area (Å²) in [5.74, 6) is 1.22. The lowest BCUT2D eigenvalue weighted by molar-refractivity contribution is 0.162. The Hall–Kier alpha value is -3.10. The number of halogens is 1. The highest BCUT2D eigenvalue weighted by atomic mass is 35.5. The second kappa shape index (κ2) is 8.10. The van der Waals surface area contributed by atoms with Gasteiger partial charge >= 0.3 is 5.76 Å². The third kappa shape index (κ3) is 3.90. The average Bonchev–Trinajstić information content (AvgIpc) is 3.35. The van der Waals surface area contributed by atoms with Gasteiger partial charge in [-0.25, -0.2) is 4.79 Å². The lowest BCUT2D eigenvalue weighted by Gasteiger charge is -2.23. The molecule has 2 N–H and O–H groups in total. The number of aromatic amines is 1. The Labute approximate surface area is 171 Å². The molecule has 1 aliphatic heterocycles. The van der Waals surface area contributed by atoms with Gasteiger partial charge in [0, 0.05) is 11.1 Å². The van der Waals surface area contributed by atoms with Crippen molar-refractivity contribution >= 4 is 23.3 Å². The van der Waals surface area contributed by atoms with Gasteiger partial charge in [-0.2, -0.15) is 0 Å². The summed E-state index contributed by atoms with van der Waals surface area (Å²) in [6.07, 6.45) is 2.21. The maximum absolute atomic E-state index is 11.2. The van der Waals surface area contributed by atoms with Crippen LogP contribution >= 0.6 is 12.4 Å². The minimum atomic E-state index is -0.594. The van der Waals surface area contributed by atoms with Crippen LogP contribution in [0.3, 0.4) is 0 Å². The van der Waals surface area contributed by atoms with Gasteiger partial charge in [0.15, 0.2) is 11.6 Å². The van der Waals surface area contributed by atoms with E-state index in [1.807, 2.05) is 36.4 Å². The van der Waals surface area contributed by atoms with Crippen LogP contribution in [0, 0.1) is 0 Å². The van der Waals surface area contributed by atoms with Crippen molar-refractivity contribution < 1.29 is 13.8 Å². The first-order chi connectivity index (χ1) is 13.8. The first kappa shape index (κ1) is 19.2. The second-order valence-electron chi connectivity index (χ2n) is 6.78. The molecular formula is C20H19ClN4O4. The summed E-state index contributed by atoms with van der Waals surface area (Å²) < 4.78 is 16.3. The third-order valence-corrected chi connectivity index (χ3v) is 4.88. The van der Waals surface area contributed by atoms with Gasteiger partial charge in [-0.3, -0.25) is 9.51 Å². The van der Waals surface area contributed by atoms with Crippen LogP contribution in [0.1, 0.15) is 12.8 Å². The number of benzene rings is 2. The van der Waals surface area contributed by atoms with Crippen LogP contribution in [-0.4, -0.2) is 34.5 Å². The van der Waals surface area contributed by atoms with Crippen molar-refractivity contribution in [2.45, 2.75) is 18.9 Å². The molecule has 9 heteroatoms. The standard InChI is InChI=1S/C20H18N4O4.ClH/c25-20-22-19(24-28-20)13-4-5-17-16(11-13)18(27-23-17)12-2-1-3-15(10-12)26-14-6-8-21-9-7-14;/h1-5,10-11,14,21H,6-9H2,(H,22,24,25);1H. The van der Waals surface area contributed by atoms with Crippen LogP contribution in [-0.2, 0) is 0 Å². The Morgan fingerprint density at radius 3 is 2.66 bits per heavy atom. The van der Waals surface area contributed by atoms with Gasteiger partial charge in [-0.05, 0) is 56.3 Å². The topological polar surface area (TPSA) is 106 Å². The van der Waals surface area contributed by atoms with Gasteiger partial charge in [0.1, 0.15) is 17.4 Å². The Morgan fingerprint density at radius 2 is 1.86 bits per heavy atom. The number of nitrogens with one attached hydrogen (secondary N) is 2. The monoisotopic (exact) mass is 414 g/mol. The highest BCUT2D eigenvalue weighted by Gasteiger charge is 2.17. The van der Waals surface area contributed by atoms with Crippen molar-refractivity contribution in [1.29, 1.82) is 0 Å². The Morgan fingerprint density at radius 1 is 1.00 bits per heavy atom. The molecule has 3 heterocycles. The normalized spacial score (nSPS) is 14.6. The van der Waals surface area contributed by atoms with Gasteiger partial charge in [-0.1, -0.05) is 22.4 Å². The lowest BCUT2D eigenvalue weighted by Crippen LogP contribution is -2.34. The van der Waals surface area contributed by atoms with E-state index < -0.39 is 5.76 Å². The fourth-order valence-electron chi connectivity index (χ4n) is 3.47. The van der Waals surface area contributed by atoms with Crippen molar-refractivity contribution in [3.05, 3.63) is 53.0 Å². The molecule has 1 fully saturated rings. The summed E-state index contributed by atoms with van der Waals surface area (Å²) in [5.41, 5.74) is 2.30. The van der Waals surface area contributed by atoms with E-state index in [4.69, 9.17) is 9.26 Å². The molecule has 0 saturated carbocycles. The molecule has 2 aromatic heterocycles. The van der Waals surface area contributed by atoms with Crippen molar-refractivity contribution in [3.8, 4) is 28.5 Å². The van der Waals surface area contributed by atoms with Crippen LogP contribution in [0.5, 0.6) is 5.75 Å². The van der Waals surface area contributed by atoms with Crippen LogP contribution in [0.25, 0.3) is 33.6 Å². The molecular weight excluding hydrogens is 396 g/mol. The summed E-state index contributed by atoms with van der Waals surface area (Å²) in [7, 11) is 0. The summed E-state index contributed by atoms with van der Waals surface area (Å²) in [6, 6.07) is 13.3. The van der Waals surface area contributed by atoms with E-state index in [1.165, 1.54) is 0 Å². The second-order valence-corrected chi connectivity index (χ2v) is 6.78. The maximum Gasteiger partial charge on any atom is 0.439 e. The van der Waals surface area contributed by atoms with Gasteiger partial charge in [0.2, 0.25) is 0 Å². The highest BCUT2D eigenvalue weighted by Crippen LogP contribution is 2.33.